The maximum absolute atomic E-state index is 12.4. The van der Waals surface area contributed by atoms with E-state index in [4.69, 9.17) is 0 Å². The summed E-state index contributed by atoms with van der Waals surface area (Å²) >= 11 is 0. The highest BCUT2D eigenvalue weighted by Gasteiger charge is 2.13. The standard InChI is InChI=1S/C12H14F2N4/c1-8(12(13)14)17-10-3-4-11(16-7-10)18-6-5-15-9(18)2/h3-8,12,17H,1-2H3. The van der Waals surface area contributed by atoms with Crippen LogP contribution >= 0.6 is 0 Å². The minimum atomic E-state index is -2.40. The average Bonchev–Trinajstić information content (AvgIpc) is 2.76. The number of alkyl halides is 2. The summed E-state index contributed by atoms with van der Waals surface area (Å²) in [7, 11) is 0. The number of aromatic nitrogens is 3. The van der Waals surface area contributed by atoms with Crippen molar-refractivity contribution >= 4 is 5.69 Å². The van der Waals surface area contributed by atoms with Gasteiger partial charge in [0.2, 0.25) is 0 Å². The van der Waals surface area contributed by atoms with Crippen LogP contribution < -0.4 is 5.32 Å². The van der Waals surface area contributed by atoms with Crippen molar-refractivity contribution in [1.29, 1.82) is 0 Å². The molecule has 0 saturated carbocycles. The van der Waals surface area contributed by atoms with Crippen LogP contribution in [0.4, 0.5) is 14.5 Å². The van der Waals surface area contributed by atoms with Gasteiger partial charge in [0.25, 0.3) is 6.43 Å². The molecule has 0 radical (unpaired) electrons. The van der Waals surface area contributed by atoms with E-state index in [1.807, 2.05) is 11.5 Å². The summed E-state index contributed by atoms with van der Waals surface area (Å²) in [5, 5.41) is 2.69. The number of rotatable bonds is 4. The number of aryl methyl sites for hydroxylation is 1. The van der Waals surface area contributed by atoms with Gasteiger partial charge in [-0.25, -0.2) is 18.7 Å². The largest absolute Gasteiger partial charge is 0.376 e. The van der Waals surface area contributed by atoms with E-state index in [9.17, 15) is 8.78 Å². The van der Waals surface area contributed by atoms with Crippen molar-refractivity contribution in [1.82, 2.24) is 14.5 Å². The fraction of sp³-hybridized carbons (Fsp3) is 0.333. The average molecular weight is 252 g/mol. The molecule has 0 spiro atoms. The lowest BCUT2D eigenvalue weighted by Gasteiger charge is -2.14. The summed E-state index contributed by atoms with van der Waals surface area (Å²) in [6.07, 6.45) is 2.61. The molecule has 1 atom stereocenters. The Morgan fingerprint density at radius 1 is 1.28 bits per heavy atom. The van der Waals surface area contributed by atoms with Gasteiger partial charge in [-0.15, -0.1) is 0 Å². The number of nitrogens with one attached hydrogen (secondary N) is 1. The first-order valence-electron chi connectivity index (χ1n) is 5.59. The number of halogens is 2. The van der Waals surface area contributed by atoms with Crippen LogP contribution in [0.5, 0.6) is 0 Å². The van der Waals surface area contributed by atoms with Crippen LogP contribution in [0.3, 0.4) is 0 Å². The minimum absolute atomic E-state index is 0.573. The second-order valence-corrected chi connectivity index (χ2v) is 4.02. The summed E-state index contributed by atoms with van der Waals surface area (Å²) in [6, 6.07) is 2.59. The molecule has 18 heavy (non-hydrogen) atoms. The van der Waals surface area contributed by atoms with Crippen molar-refractivity contribution in [2.45, 2.75) is 26.3 Å². The molecule has 1 N–H and O–H groups in total. The second-order valence-electron chi connectivity index (χ2n) is 4.02. The fourth-order valence-corrected chi connectivity index (χ4v) is 1.56. The molecule has 6 heteroatoms. The van der Waals surface area contributed by atoms with Gasteiger partial charge < -0.3 is 5.32 Å². The summed E-state index contributed by atoms with van der Waals surface area (Å²) < 4.78 is 26.6. The first-order chi connectivity index (χ1) is 8.58. The molecule has 2 rings (SSSR count). The van der Waals surface area contributed by atoms with Crippen molar-refractivity contribution in [3.05, 3.63) is 36.5 Å². The van der Waals surface area contributed by atoms with E-state index >= 15 is 0 Å². The monoisotopic (exact) mass is 252 g/mol. The molecule has 0 aliphatic rings. The Bertz CT molecular complexity index is 507. The van der Waals surface area contributed by atoms with Crippen LogP contribution in [0, 0.1) is 6.92 Å². The third-order valence-electron chi connectivity index (χ3n) is 2.59. The molecule has 2 aromatic heterocycles. The van der Waals surface area contributed by atoms with Crippen LogP contribution in [0.25, 0.3) is 5.82 Å². The highest BCUT2D eigenvalue weighted by molar-refractivity contribution is 5.44. The van der Waals surface area contributed by atoms with Gasteiger partial charge in [0.05, 0.1) is 17.9 Å². The molecule has 1 unspecified atom stereocenters. The number of imidazole rings is 1. The highest BCUT2D eigenvalue weighted by atomic mass is 19.3. The lowest BCUT2D eigenvalue weighted by atomic mass is 10.3. The molecule has 0 aliphatic heterocycles. The molecule has 0 aromatic carbocycles. The molecule has 0 fully saturated rings. The Morgan fingerprint density at radius 2 is 2.06 bits per heavy atom. The predicted octanol–water partition coefficient (Wildman–Crippen LogP) is 2.64. The quantitative estimate of drug-likeness (QED) is 0.909. The molecule has 0 saturated heterocycles. The number of nitrogens with zero attached hydrogens (tertiary/aromatic N) is 3. The third kappa shape index (κ3) is 2.64. The Labute approximate surface area is 104 Å². The van der Waals surface area contributed by atoms with Crippen LogP contribution in [-0.4, -0.2) is 27.0 Å². The van der Waals surface area contributed by atoms with Gasteiger partial charge in [-0.1, -0.05) is 0 Å². The van der Waals surface area contributed by atoms with Crippen molar-refractivity contribution < 1.29 is 8.78 Å². The first kappa shape index (κ1) is 12.5. The second kappa shape index (κ2) is 5.12. The van der Waals surface area contributed by atoms with Crippen LogP contribution in [0.1, 0.15) is 12.7 Å². The normalized spacial score (nSPS) is 12.7. The maximum atomic E-state index is 12.4. The summed E-state index contributed by atoms with van der Waals surface area (Å²) in [4.78, 5) is 8.31. The van der Waals surface area contributed by atoms with E-state index in [1.165, 1.54) is 13.1 Å². The SMILES string of the molecule is Cc1nccn1-c1ccc(NC(C)C(F)F)cn1. The van der Waals surface area contributed by atoms with Crippen LogP contribution in [0.2, 0.25) is 0 Å². The van der Waals surface area contributed by atoms with Gasteiger partial charge >= 0.3 is 0 Å². The Hall–Kier alpha value is -1.98. The smallest absolute Gasteiger partial charge is 0.258 e. The lowest BCUT2D eigenvalue weighted by molar-refractivity contribution is 0.130. The van der Waals surface area contributed by atoms with Crippen molar-refractivity contribution in [2.75, 3.05) is 5.32 Å². The van der Waals surface area contributed by atoms with Gasteiger partial charge in [-0.2, -0.15) is 0 Å². The van der Waals surface area contributed by atoms with E-state index in [-0.39, 0.29) is 0 Å². The van der Waals surface area contributed by atoms with Crippen molar-refractivity contribution in [3.8, 4) is 5.82 Å². The molecule has 96 valence electrons. The number of pyridine rings is 1. The Kier molecular flexibility index (Phi) is 3.55. The van der Waals surface area contributed by atoms with Gasteiger partial charge in [-0.3, -0.25) is 4.57 Å². The zero-order valence-electron chi connectivity index (χ0n) is 10.1. The zero-order valence-corrected chi connectivity index (χ0v) is 10.1. The summed E-state index contributed by atoms with van der Waals surface area (Å²) in [5.41, 5.74) is 0.573. The zero-order chi connectivity index (χ0) is 13.1. The molecular formula is C12H14F2N4. The molecule has 2 heterocycles. The van der Waals surface area contributed by atoms with Gasteiger partial charge in [0.15, 0.2) is 0 Å². The van der Waals surface area contributed by atoms with Gasteiger partial charge in [0, 0.05) is 12.4 Å². The number of anilines is 1. The molecule has 0 amide bonds. The minimum Gasteiger partial charge on any atom is -0.376 e. The van der Waals surface area contributed by atoms with E-state index in [2.05, 4.69) is 15.3 Å². The molecule has 4 nitrogen and oxygen atoms in total. The summed E-state index contributed by atoms with van der Waals surface area (Å²) in [5.74, 6) is 1.53. The van der Waals surface area contributed by atoms with E-state index in [1.54, 1.807) is 24.5 Å². The van der Waals surface area contributed by atoms with Crippen LogP contribution in [-0.2, 0) is 0 Å². The molecule has 2 aromatic rings. The maximum Gasteiger partial charge on any atom is 0.258 e. The fourth-order valence-electron chi connectivity index (χ4n) is 1.56. The Morgan fingerprint density at radius 3 is 2.56 bits per heavy atom. The molecular weight excluding hydrogens is 238 g/mol. The highest BCUT2D eigenvalue weighted by Crippen LogP contribution is 2.14. The first-order valence-corrected chi connectivity index (χ1v) is 5.59. The van der Waals surface area contributed by atoms with Crippen LogP contribution in [0.15, 0.2) is 30.7 Å². The lowest BCUT2D eigenvalue weighted by Crippen LogP contribution is -2.23. The summed E-state index contributed by atoms with van der Waals surface area (Å²) in [6.45, 7) is 3.30. The molecule has 0 bridgehead atoms. The van der Waals surface area contributed by atoms with Crippen molar-refractivity contribution in [2.24, 2.45) is 0 Å². The van der Waals surface area contributed by atoms with Gasteiger partial charge in [0.1, 0.15) is 11.6 Å². The Balaban J connectivity index is 2.13. The van der Waals surface area contributed by atoms with E-state index < -0.39 is 12.5 Å². The van der Waals surface area contributed by atoms with Gasteiger partial charge in [-0.05, 0) is 26.0 Å². The van der Waals surface area contributed by atoms with E-state index in [0.29, 0.717) is 11.5 Å². The molecule has 0 aliphatic carbocycles. The van der Waals surface area contributed by atoms with Crippen molar-refractivity contribution in [3.63, 3.8) is 0 Å². The number of hydrogen-bond donors (Lipinski definition) is 1. The third-order valence-corrected chi connectivity index (χ3v) is 2.59. The number of hydrogen-bond acceptors (Lipinski definition) is 3. The van der Waals surface area contributed by atoms with E-state index in [0.717, 1.165) is 5.82 Å². The predicted molar refractivity (Wildman–Crippen MR) is 65.2 cm³/mol. The topological polar surface area (TPSA) is 42.7 Å².